The van der Waals surface area contributed by atoms with Crippen LogP contribution in [0.4, 0.5) is 0 Å². The Morgan fingerprint density at radius 1 is 1.00 bits per heavy atom. The van der Waals surface area contributed by atoms with E-state index in [9.17, 15) is 10.2 Å². The normalized spacial score (nSPS) is 13.8. The van der Waals surface area contributed by atoms with E-state index in [1.807, 2.05) is 42.5 Å². The maximum atomic E-state index is 9.46. The summed E-state index contributed by atoms with van der Waals surface area (Å²) < 4.78 is 5.12. The summed E-state index contributed by atoms with van der Waals surface area (Å²) in [4.78, 5) is 0. The summed E-state index contributed by atoms with van der Waals surface area (Å²) in [7, 11) is 1.61. The van der Waals surface area contributed by atoms with Gasteiger partial charge in [-0.25, -0.2) is 0 Å². The lowest BCUT2D eigenvalue weighted by Gasteiger charge is -2.25. The number of aliphatic hydroxyl groups excluding tert-OH is 1. The highest BCUT2D eigenvalue weighted by Gasteiger charge is 2.18. The Balaban J connectivity index is 2.28. The van der Waals surface area contributed by atoms with Gasteiger partial charge in [0.2, 0.25) is 0 Å². The van der Waals surface area contributed by atoms with Crippen LogP contribution in [0.2, 0.25) is 0 Å². The van der Waals surface area contributed by atoms with Crippen LogP contribution in [0.1, 0.15) is 17.2 Å². The largest absolute Gasteiger partial charge is 0.508 e. The molecule has 0 amide bonds. The third-order valence-corrected chi connectivity index (χ3v) is 3.35. The zero-order chi connectivity index (χ0) is 15.1. The van der Waals surface area contributed by atoms with Crippen molar-refractivity contribution in [2.45, 2.75) is 12.1 Å². The summed E-state index contributed by atoms with van der Waals surface area (Å²) >= 11 is 0. The van der Waals surface area contributed by atoms with E-state index in [0.717, 1.165) is 11.1 Å². The van der Waals surface area contributed by atoms with Crippen molar-refractivity contribution in [2.75, 3.05) is 20.3 Å². The van der Waals surface area contributed by atoms with Crippen LogP contribution in [0.3, 0.4) is 0 Å². The molecule has 0 aliphatic heterocycles. The molecule has 0 aliphatic carbocycles. The summed E-state index contributed by atoms with van der Waals surface area (Å²) in [6.07, 6.45) is 0. The molecular formula is C17H21NO3. The van der Waals surface area contributed by atoms with E-state index >= 15 is 0 Å². The van der Waals surface area contributed by atoms with Crippen LogP contribution in [0.25, 0.3) is 0 Å². The minimum atomic E-state index is -0.158. The molecule has 2 aromatic rings. The molecule has 0 heterocycles. The molecule has 0 spiro atoms. The Labute approximate surface area is 125 Å². The number of rotatable bonds is 7. The molecule has 112 valence electrons. The third kappa shape index (κ3) is 4.29. The highest BCUT2D eigenvalue weighted by atomic mass is 16.5. The van der Waals surface area contributed by atoms with Gasteiger partial charge >= 0.3 is 0 Å². The Hall–Kier alpha value is -1.88. The molecule has 0 saturated heterocycles. The maximum absolute atomic E-state index is 9.46. The molecule has 2 atom stereocenters. The molecule has 21 heavy (non-hydrogen) atoms. The quantitative estimate of drug-likeness (QED) is 0.729. The number of phenolic OH excluding ortho intramolecular Hbond substituents is 1. The second kappa shape index (κ2) is 7.78. The highest BCUT2D eigenvalue weighted by Crippen LogP contribution is 2.24. The second-order valence-electron chi connectivity index (χ2n) is 4.94. The molecule has 0 aliphatic rings. The van der Waals surface area contributed by atoms with Gasteiger partial charge in [-0.2, -0.15) is 0 Å². The summed E-state index contributed by atoms with van der Waals surface area (Å²) in [5.74, 6) is 0.237. The van der Waals surface area contributed by atoms with E-state index in [4.69, 9.17) is 4.74 Å². The van der Waals surface area contributed by atoms with Gasteiger partial charge in [0.05, 0.1) is 25.3 Å². The van der Waals surface area contributed by atoms with Crippen LogP contribution in [-0.4, -0.2) is 36.6 Å². The first-order chi connectivity index (χ1) is 10.2. The Kier molecular flexibility index (Phi) is 5.75. The van der Waals surface area contributed by atoms with Crippen LogP contribution in [0, 0.1) is 0 Å². The van der Waals surface area contributed by atoms with Crippen LogP contribution < -0.4 is 5.32 Å². The van der Waals surface area contributed by atoms with Gasteiger partial charge in [-0.3, -0.25) is 5.32 Å². The minimum absolute atomic E-state index is 0.00471. The van der Waals surface area contributed by atoms with E-state index in [0.29, 0.717) is 6.61 Å². The van der Waals surface area contributed by atoms with Crippen molar-refractivity contribution in [1.82, 2.24) is 5.32 Å². The molecule has 4 nitrogen and oxygen atoms in total. The van der Waals surface area contributed by atoms with Gasteiger partial charge in [0, 0.05) is 7.11 Å². The fourth-order valence-electron chi connectivity index (χ4n) is 2.29. The van der Waals surface area contributed by atoms with Crippen molar-refractivity contribution in [2.24, 2.45) is 0 Å². The molecule has 0 radical (unpaired) electrons. The standard InChI is InChI=1S/C17H21NO3/c1-21-12-15(11-19)18-17(13-5-3-2-4-6-13)14-7-9-16(20)10-8-14/h2-10,15,17-20H,11-12H2,1H3. The molecule has 0 bridgehead atoms. The fourth-order valence-corrected chi connectivity index (χ4v) is 2.29. The molecule has 3 N–H and O–H groups in total. The zero-order valence-corrected chi connectivity index (χ0v) is 12.1. The van der Waals surface area contributed by atoms with E-state index in [-0.39, 0.29) is 24.4 Å². The van der Waals surface area contributed by atoms with E-state index in [1.165, 1.54) is 0 Å². The first kappa shape index (κ1) is 15.5. The minimum Gasteiger partial charge on any atom is -0.508 e. The zero-order valence-electron chi connectivity index (χ0n) is 12.1. The van der Waals surface area contributed by atoms with E-state index in [2.05, 4.69) is 5.32 Å². The number of benzene rings is 2. The van der Waals surface area contributed by atoms with Crippen molar-refractivity contribution in [3.63, 3.8) is 0 Å². The molecular weight excluding hydrogens is 266 g/mol. The maximum Gasteiger partial charge on any atom is 0.115 e. The summed E-state index contributed by atoms with van der Waals surface area (Å²) in [5, 5.41) is 22.3. The van der Waals surface area contributed by atoms with Crippen LogP contribution in [-0.2, 0) is 4.74 Å². The van der Waals surface area contributed by atoms with Crippen molar-refractivity contribution >= 4 is 0 Å². The van der Waals surface area contributed by atoms with E-state index < -0.39 is 0 Å². The van der Waals surface area contributed by atoms with Gasteiger partial charge in [0.15, 0.2) is 0 Å². The predicted octanol–water partition coefficient (Wildman–Crippen LogP) is 2.08. The number of nitrogens with one attached hydrogen (secondary N) is 1. The lowest BCUT2D eigenvalue weighted by Crippen LogP contribution is -2.39. The third-order valence-electron chi connectivity index (χ3n) is 3.35. The summed E-state index contributed by atoms with van der Waals surface area (Å²) in [6.45, 7) is 0.424. The second-order valence-corrected chi connectivity index (χ2v) is 4.94. The number of aliphatic hydroxyl groups is 1. The van der Waals surface area contributed by atoms with Gasteiger partial charge in [0.25, 0.3) is 0 Å². The number of ether oxygens (including phenoxy) is 1. The van der Waals surface area contributed by atoms with Gasteiger partial charge in [-0.1, -0.05) is 42.5 Å². The number of methoxy groups -OCH3 is 1. The van der Waals surface area contributed by atoms with Crippen LogP contribution >= 0.6 is 0 Å². The van der Waals surface area contributed by atoms with Gasteiger partial charge in [-0.15, -0.1) is 0 Å². The van der Waals surface area contributed by atoms with Crippen molar-refractivity contribution in [1.29, 1.82) is 0 Å². The average Bonchev–Trinajstić information content (AvgIpc) is 2.53. The first-order valence-corrected chi connectivity index (χ1v) is 6.94. The summed E-state index contributed by atoms with van der Waals surface area (Å²) in [6, 6.07) is 16.8. The Morgan fingerprint density at radius 3 is 2.19 bits per heavy atom. The fraction of sp³-hybridized carbons (Fsp3) is 0.294. The van der Waals surface area contributed by atoms with Crippen LogP contribution in [0.15, 0.2) is 54.6 Å². The van der Waals surface area contributed by atoms with Crippen molar-refractivity contribution in [3.05, 3.63) is 65.7 Å². The van der Waals surface area contributed by atoms with E-state index in [1.54, 1.807) is 19.2 Å². The average molecular weight is 287 g/mol. The number of phenols is 1. The lowest BCUT2D eigenvalue weighted by molar-refractivity contribution is 0.125. The predicted molar refractivity (Wildman–Crippen MR) is 82.3 cm³/mol. The number of aromatic hydroxyl groups is 1. The van der Waals surface area contributed by atoms with Crippen molar-refractivity contribution in [3.8, 4) is 5.75 Å². The van der Waals surface area contributed by atoms with Gasteiger partial charge in [0.1, 0.15) is 5.75 Å². The number of hydrogen-bond donors (Lipinski definition) is 3. The monoisotopic (exact) mass is 287 g/mol. The Morgan fingerprint density at radius 2 is 1.62 bits per heavy atom. The molecule has 0 fully saturated rings. The smallest absolute Gasteiger partial charge is 0.115 e. The van der Waals surface area contributed by atoms with Crippen LogP contribution in [0.5, 0.6) is 5.75 Å². The summed E-state index contributed by atoms with van der Waals surface area (Å²) in [5.41, 5.74) is 2.12. The lowest BCUT2D eigenvalue weighted by atomic mass is 9.98. The Bertz CT molecular complexity index is 527. The molecule has 0 saturated carbocycles. The highest BCUT2D eigenvalue weighted by molar-refractivity contribution is 5.35. The molecule has 2 unspecified atom stereocenters. The first-order valence-electron chi connectivity index (χ1n) is 6.94. The van der Waals surface area contributed by atoms with Gasteiger partial charge in [-0.05, 0) is 23.3 Å². The number of hydrogen-bond acceptors (Lipinski definition) is 4. The molecule has 2 aromatic carbocycles. The SMILES string of the molecule is COCC(CO)NC(c1ccccc1)c1ccc(O)cc1. The molecule has 4 heteroatoms. The topological polar surface area (TPSA) is 61.7 Å². The van der Waals surface area contributed by atoms with Crippen molar-refractivity contribution < 1.29 is 14.9 Å². The van der Waals surface area contributed by atoms with Gasteiger partial charge < -0.3 is 14.9 Å². The molecule has 0 aromatic heterocycles. The molecule has 2 rings (SSSR count).